The fourth-order valence-electron chi connectivity index (χ4n) is 2.03. The average molecular weight is 364 g/mol. The molecular weight excluding hydrogens is 343 g/mol. The Morgan fingerprint density at radius 2 is 1.92 bits per heavy atom. The summed E-state index contributed by atoms with van der Waals surface area (Å²) in [7, 11) is 0. The molecule has 0 bridgehead atoms. The van der Waals surface area contributed by atoms with Crippen molar-refractivity contribution in [3.8, 4) is 0 Å². The second kappa shape index (κ2) is 7.82. The standard InChI is InChI=1S/C18H21FN2O3S/c1-18(2,3)14(22)8-17-21(16(24)11-25-17)10-15(23)20-9-12-4-6-13(19)7-5-12/h4-8H,9-11H2,1-3H3,(H,20,23)/b17-8-. The lowest BCUT2D eigenvalue weighted by molar-refractivity contribution is -0.131. The number of nitrogens with one attached hydrogen (secondary N) is 1. The Morgan fingerprint density at radius 3 is 2.52 bits per heavy atom. The summed E-state index contributed by atoms with van der Waals surface area (Å²) in [6, 6.07) is 5.81. The summed E-state index contributed by atoms with van der Waals surface area (Å²) >= 11 is 1.26. The first-order chi connectivity index (χ1) is 11.7. The lowest BCUT2D eigenvalue weighted by Crippen LogP contribution is -2.37. The van der Waals surface area contributed by atoms with E-state index in [0.717, 1.165) is 5.56 Å². The minimum absolute atomic E-state index is 0.0959. The van der Waals surface area contributed by atoms with Gasteiger partial charge in [-0.05, 0) is 17.7 Å². The van der Waals surface area contributed by atoms with Crippen molar-refractivity contribution in [3.63, 3.8) is 0 Å². The zero-order chi connectivity index (χ0) is 18.6. The molecule has 0 spiro atoms. The van der Waals surface area contributed by atoms with Crippen LogP contribution in [0.1, 0.15) is 26.3 Å². The average Bonchev–Trinajstić information content (AvgIpc) is 2.86. The molecule has 0 aliphatic carbocycles. The molecule has 0 radical (unpaired) electrons. The van der Waals surface area contributed by atoms with Gasteiger partial charge in [0.25, 0.3) is 0 Å². The first-order valence-corrected chi connectivity index (χ1v) is 8.86. The third kappa shape index (κ3) is 5.42. The number of carbonyl (C=O) groups excluding carboxylic acids is 3. The van der Waals surface area contributed by atoms with Crippen LogP contribution in [0.5, 0.6) is 0 Å². The van der Waals surface area contributed by atoms with Crippen LogP contribution in [0.4, 0.5) is 4.39 Å². The van der Waals surface area contributed by atoms with Gasteiger partial charge < -0.3 is 5.32 Å². The summed E-state index contributed by atoms with van der Waals surface area (Å²) in [4.78, 5) is 37.6. The molecule has 0 aromatic heterocycles. The van der Waals surface area contributed by atoms with Crippen LogP contribution in [-0.2, 0) is 20.9 Å². The van der Waals surface area contributed by atoms with Crippen molar-refractivity contribution in [1.82, 2.24) is 10.2 Å². The van der Waals surface area contributed by atoms with Crippen molar-refractivity contribution in [2.24, 2.45) is 5.41 Å². The summed E-state index contributed by atoms with van der Waals surface area (Å²) < 4.78 is 12.9. The predicted octanol–water partition coefficient (Wildman–Crippen LogP) is 2.47. The predicted molar refractivity (Wildman–Crippen MR) is 95.0 cm³/mol. The van der Waals surface area contributed by atoms with E-state index in [-0.39, 0.29) is 42.3 Å². The number of halogens is 1. The Morgan fingerprint density at radius 1 is 1.28 bits per heavy atom. The fraction of sp³-hybridized carbons (Fsp3) is 0.389. The van der Waals surface area contributed by atoms with Crippen LogP contribution in [-0.4, -0.2) is 34.8 Å². The highest BCUT2D eigenvalue weighted by Gasteiger charge is 2.30. The van der Waals surface area contributed by atoms with Crippen molar-refractivity contribution >= 4 is 29.4 Å². The van der Waals surface area contributed by atoms with Crippen LogP contribution in [0.25, 0.3) is 0 Å². The Kier molecular flexibility index (Phi) is 6.00. The molecule has 1 N–H and O–H groups in total. The number of rotatable bonds is 5. The minimum atomic E-state index is -0.546. The number of amides is 2. The van der Waals surface area contributed by atoms with Crippen LogP contribution in [0.15, 0.2) is 35.4 Å². The Hall–Kier alpha value is -2.15. The van der Waals surface area contributed by atoms with E-state index in [0.29, 0.717) is 5.03 Å². The zero-order valence-corrected chi connectivity index (χ0v) is 15.3. The van der Waals surface area contributed by atoms with E-state index in [4.69, 9.17) is 0 Å². The molecule has 1 saturated heterocycles. The van der Waals surface area contributed by atoms with Gasteiger partial charge in [-0.15, -0.1) is 0 Å². The minimum Gasteiger partial charge on any atom is -0.350 e. The summed E-state index contributed by atoms with van der Waals surface area (Å²) in [6.45, 7) is 5.50. The molecule has 2 amide bonds. The number of hydrogen-bond donors (Lipinski definition) is 1. The number of allylic oxidation sites excluding steroid dienone is 1. The van der Waals surface area contributed by atoms with Gasteiger partial charge in [0.2, 0.25) is 11.8 Å². The van der Waals surface area contributed by atoms with E-state index in [1.54, 1.807) is 32.9 Å². The van der Waals surface area contributed by atoms with Gasteiger partial charge in [-0.1, -0.05) is 44.7 Å². The van der Waals surface area contributed by atoms with Crippen molar-refractivity contribution in [2.45, 2.75) is 27.3 Å². The van der Waals surface area contributed by atoms with Gasteiger partial charge in [0, 0.05) is 18.0 Å². The molecule has 0 atom stereocenters. The molecule has 1 aliphatic rings. The summed E-state index contributed by atoms with van der Waals surface area (Å²) in [6.07, 6.45) is 1.43. The second-order valence-corrected chi connectivity index (χ2v) is 7.76. The largest absolute Gasteiger partial charge is 0.350 e. The quantitative estimate of drug-likeness (QED) is 0.815. The second-order valence-electron chi connectivity index (χ2n) is 6.77. The highest BCUT2D eigenvalue weighted by atomic mass is 32.2. The van der Waals surface area contributed by atoms with Crippen LogP contribution in [0.2, 0.25) is 0 Å². The lowest BCUT2D eigenvalue weighted by atomic mass is 9.91. The van der Waals surface area contributed by atoms with E-state index in [1.807, 2.05) is 0 Å². The maximum Gasteiger partial charge on any atom is 0.240 e. The van der Waals surface area contributed by atoms with E-state index < -0.39 is 5.41 Å². The molecule has 1 fully saturated rings. The molecule has 1 aliphatic heterocycles. The monoisotopic (exact) mass is 364 g/mol. The fourth-order valence-corrected chi connectivity index (χ4v) is 2.97. The SMILES string of the molecule is CC(C)(C)C(=O)/C=C1\SCC(=O)N1CC(=O)NCc1ccc(F)cc1. The van der Waals surface area contributed by atoms with Crippen LogP contribution >= 0.6 is 11.8 Å². The molecule has 1 heterocycles. The van der Waals surface area contributed by atoms with Gasteiger partial charge in [0.15, 0.2) is 5.78 Å². The van der Waals surface area contributed by atoms with E-state index in [9.17, 15) is 18.8 Å². The Balaban J connectivity index is 1.97. The molecule has 5 nitrogen and oxygen atoms in total. The molecular formula is C18H21FN2O3S. The summed E-state index contributed by atoms with van der Waals surface area (Å²) in [5, 5.41) is 3.20. The Bertz CT molecular complexity index is 708. The van der Waals surface area contributed by atoms with Crippen molar-refractivity contribution in [2.75, 3.05) is 12.3 Å². The van der Waals surface area contributed by atoms with Crippen molar-refractivity contribution in [3.05, 3.63) is 46.8 Å². The molecule has 1 aromatic carbocycles. The number of carbonyl (C=O) groups is 3. The Labute approximate surface area is 150 Å². The highest BCUT2D eigenvalue weighted by Crippen LogP contribution is 2.30. The zero-order valence-electron chi connectivity index (χ0n) is 14.5. The molecule has 1 aromatic rings. The van der Waals surface area contributed by atoms with Gasteiger partial charge in [0.05, 0.1) is 10.8 Å². The summed E-state index contributed by atoms with van der Waals surface area (Å²) in [5.41, 5.74) is 0.214. The van der Waals surface area contributed by atoms with Gasteiger partial charge in [-0.3, -0.25) is 19.3 Å². The molecule has 7 heteroatoms. The van der Waals surface area contributed by atoms with E-state index >= 15 is 0 Å². The van der Waals surface area contributed by atoms with Crippen LogP contribution in [0, 0.1) is 11.2 Å². The van der Waals surface area contributed by atoms with Gasteiger partial charge in [-0.25, -0.2) is 4.39 Å². The smallest absolute Gasteiger partial charge is 0.240 e. The van der Waals surface area contributed by atoms with E-state index in [2.05, 4.69) is 5.32 Å². The normalized spacial score (nSPS) is 16.4. The lowest BCUT2D eigenvalue weighted by Gasteiger charge is -2.19. The highest BCUT2D eigenvalue weighted by molar-refractivity contribution is 8.04. The third-order valence-corrected chi connectivity index (χ3v) is 4.63. The molecule has 134 valence electrons. The molecule has 2 rings (SSSR count). The van der Waals surface area contributed by atoms with Crippen molar-refractivity contribution < 1.29 is 18.8 Å². The molecule has 25 heavy (non-hydrogen) atoms. The number of hydrogen-bond acceptors (Lipinski definition) is 4. The summed E-state index contributed by atoms with van der Waals surface area (Å²) in [5.74, 6) is -0.757. The molecule has 0 saturated carbocycles. The van der Waals surface area contributed by atoms with Gasteiger partial charge >= 0.3 is 0 Å². The number of nitrogens with zero attached hydrogens (tertiary/aromatic N) is 1. The van der Waals surface area contributed by atoms with Gasteiger partial charge in [-0.2, -0.15) is 0 Å². The topological polar surface area (TPSA) is 66.5 Å². The third-order valence-electron chi connectivity index (χ3n) is 3.61. The number of thioether (sulfide) groups is 1. The van der Waals surface area contributed by atoms with Crippen LogP contribution < -0.4 is 5.32 Å². The maximum absolute atomic E-state index is 12.9. The van der Waals surface area contributed by atoms with Crippen LogP contribution in [0.3, 0.4) is 0 Å². The maximum atomic E-state index is 12.9. The first-order valence-electron chi connectivity index (χ1n) is 7.87. The number of benzene rings is 1. The number of ketones is 1. The first kappa shape index (κ1) is 19.2. The van der Waals surface area contributed by atoms with E-state index in [1.165, 1.54) is 34.9 Å². The van der Waals surface area contributed by atoms with Crippen molar-refractivity contribution in [1.29, 1.82) is 0 Å². The van der Waals surface area contributed by atoms with Gasteiger partial charge in [0.1, 0.15) is 12.4 Å². The molecule has 0 unspecified atom stereocenters.